The molecule has 2 aliphatic rings. The Morgan fingerprint density at radius 1 is 0.828 bits per heavy atom. The van der Waals surface area contributed by atoms with Gasteiger partial charge in [0.25, 0.3) is 0 Å². The van der Waals surface area contributed by atoms with Crippen LogP contribution in [0.5, 0.6) is 0 Å². The summed E-state index contributed by atoms with van der Waals surface area (Å²) in [7, 11) is 0. The zero-order chi connectivity index (χ0) is 19.5. The first-order valence-electron chi connectivity index (χ1n) is 11.1. The Kier molecular flexibility index (Phi) is 5.34. The molecule has 0 radical (unpaired) electrons. The fraction of sp³-hybridized carbons (Fsp3) is 0.423. The standard InChI is InChI=1S/C26H31N3/c1-2-7-22(8-3-1)12-17-28-16-6-13-26(20-28)14-18-29(21-26)19-24-10-4-9-23-11-5-15-27-25(23)24/h1-5,7-11,15H,6,12-14,16-21H2. The van der Waals surface area contributed by atoms with Crippen molar-refractivity contribution in [1.82, 2.24) is 14.8 Å². The quantitative estimate of drug-likeness (QED) is 0.631. The van der Waals surface area contributed by atoms with Crippen LogP contribution in [0.1, 0.15) is 30.4 Å². The van der Waals surface area contributed by atoms with E-state index in [0.717, 1.165) is 6.54 Å². The normalized spacial score (nSPS) is 23.2. The van der Waals surface area contributed by atoms with Crippen molar-refractivity contribution >= 4 is 10.9 Å². The van der Waals surface area contributed by atoms with Crippen LogP contribution in [0.4, 0.5) is 0 Å². The summed E-state index contributed by atoms with van der Waals surface area (Å²) < 4.78 is 0. The maximum atomic E-state index is 4.66. The van der Waals surface area contributed by atoms with Gasteiger partial charge in [-0.1, -0.05) is 54.6 Å². The summed E-state index contributed by atoms with van der Waals surface area (Å²) in [5.41, 5.74) is 4.50. The smallest absolute Gasteiger partial charge is 0.0746 e. The molecule has 0 saturated carbocycles. The topological polar surface area (TPSA) is 19.4 Å². The van der Waals surface area contributed by atoms with Gasteiger partial charge in [0.05, 0.1) is 5.52 Å². The average Bonchev–Trinajstić information content (AvgIpc) is 3.15. The summed E-state index contributed by atoms with van der Waals surface area (Å²) in [5.74, 6) is 0. The van der Waals surface area contributed by atoms with Crippen LogP contribution in [0.25, 0.3) is 10.9 Å². The number of benzene rings is 2. The van der Waals surface area contributed by atoms with Gasteiger partial charge in [0.1, 0.15) is 0 Å². The Hall–Kier alpha value is -2.23. The van der Waals surface area contributed by atoms with E-state index in [4.69, 9.17) is 0 Å². The number of aromatic nitrogens is 1. The number of rotatable bonds is 5. The van der Waals surface area contributed by atoms with Gasteiger partial charge in [-0.2, -0.15) is 0 Å². The molecule has 3 aromatic rings. The van der Waals surface area contributed by atoms with Crippen LogP contribution in [0, 0.1) is 5.41 Å². The molecule has 150 valence electrons. The molecule has 29 heavy (non-hydrogen) atoms. The molecular formula is C26H31N3. The molecule has 2 saturated heterocycles. The van der Waals surface area contributed by atoms with Gasteiger partial charge in [0.15, 0.2) is 0 Å². The number of para-hydroxylation sites is 1. The molecule has 0 amide bonds. The third kappa shape index (κ3) is 4.22. The number of likely N-dealkylation sites (tertiary alicyclic amines) is 2. The molecule has 1 atom stereocenters. The molecule has 2 fully saturated rings. The van der Waals surface area contributed by atoms with E-state index in [9.17, 15) is 0 Å². The van der Waals surface area contributed by atoms with Crippen molar-refractivity contribution in [2.75, 3.05) is 32.7 Å². The lowest BCUT2D eigenvalue weighted by molar-refractivity contribution is 0.0929. The van der Waals surface area contributed by atoms with Gasteiger partial charge in [0, 0.05) is 37.8 Å². The summed E-state index contributed by atoms with van der Waals surface area (Å²) in [6.45, 7) is 7.21. The van der Waals surface area contributed by atoms with E-state index in [0.29, 0.717) is 5.41 Å². The molecule has 5 rings (SSSR count). The summed E-state index contributed by atoms with van der Waals surface area (Å²) in [6, 6.07) is 21.7. The van der Waals surface area contributed by atoms with E-state index in [-0.39, 0.29) is 0 Å². The highest BCUT2D eigenvalue weighted by Crippen LogP contribution is 2.39. The van der Waals surface area contributed by atoms with Gasteiger partial charge in [-0.3, -0.25) is 9.88 Å². The maximum Gasteiger partial charge on any atom is 0.0746 e. The van der Waals surface area contributed by atoms with Crippen molar-refractivity contribution in [3.8, 4) is 0 Å². The van der Waals surface area contributed by atoms with Gasteiger partial charge in [0.2, 0.25) is 0 Å². The van der Waals surface area contributed by atoms with Crippen LogP contribution < -0.4 is 0 Å². The number of nitrogens with zero attached hydrogens (tertiary/aromatic N) is 3. The Labute approximate surface area is 174 Å². The molecule has 1 aromatic heterocycles. The number of piperidine rings is 1. The SMILES string of the molecule is c1ccc(CCN2CCCC3(CCN(Cc4cccc5cccnc45)C3)C2)cc1. The third-order valence-electron chi connectivity index (χ3n) is 6.93. The minimum Gasteiger partial charge on any atom is -0.302 e. The fourth-order valence-corrected chi connectivity index (χ4v) is 5.46. The summed E-state index contributed by atoms with van der Waals surface area (Å²) >= 11 is 0. The first-order valence-corrected chi connectivity index (χ1v) is 11.1. The molecule has 3 nitrogen and oxygen atoms in total. The number of pyridine rings is 1. The van der Waals surface area contributed by atoms with E-state index >= 15 is 0 Å². The van der Waals surface area contributed by atoms with Crippen molar-refractivity contribution < 1.29 is 0 Å². The Bertz CT molecular complexity index is 949. The van der Waals surface area contributed by atoms with Crippen molar-refractivity contribution in [2.24, 2.45) is 5.41 Å². The Balaban J connectivity index is 1.22. The second-order valence-electron chi connectivity index (χ2n) is 9.07. The van der Waals surface area contributed by atoms with Crippen LogP contribution >= 0.6 is 0 Å². The maximum absolute atomic E-state index is 4.66. The van der Waals surface area contributed by atoms with Gasteiger partial charge in [-0.15, -0.1) is 0 Å². The zero-order valence-electron chi connectivity index (χ0n) is 17.3. The van der Waals surface area contributed by atoms with Crippen LogP contribution in [0.15, 0.2) is 66.9 Å². The largest absolute Gasteiger partial charge is 0.302 e. The summed E-state index contributed by atoms with van der Waals surface area (Å²) in [4.78, 5) is 10.1. The van der Waals surface area contributed by atoms with Gasteiger partial charge in [-0.05, 0) is 61.4 Å². The predicted molar refractivity (Wildman–Crippen MR) is 120 cm³/mol. The van der Waals surface area contributed by atoms with E-state index in [1.165, 1.54) is 80.4 Å². The van der Waals surface area contributed by atoms with Gasteiger partial charge in [-0.25, -0.2) is 0 Å². The van der Waals surface area contributed by atoms with Crippen LogP contribution in [0.3, 0.4) is 0 Å². The second kappa shape index (κ2) is 8.25. The van der Waals surface area contributed by atoms with Gasteiger partial charge >= 0.3 is 0 Å². The highest BCUT2D eigenvalue weighted by Gasteiger charge is 2.41. The van der Waals surface area contributed by atoms with Crippen molar-refractivity contribution in [3.63, 3.8) is 0 Å². The first-order chi connectivity index (χ1) is 14.3. The van der Waals surface area contributed by atoms with Crippen molar-refractivity contribution in [2.45, 2.75) is 32.2 Å². The molecule has 0 bridgehead atoms. The molecular weight excluding hydrogens is 354 g/mol. The van der Waals surface area contributed by atoms with Crippen LogP contribution in [-0.2, 0) is 13.0 Å². The molecule has 0 N–H and O–H groups in total. The number of fused-ring (bicyclic) bond motifs is 1. The lowest BCUT2D eigenvalue weighted by Crippen LogP contribution is -2.45. The van der Waals surface area contributed by atoms with Crippen molar-refractivity contribution in [3.05, 3.63) is 78.0 Å². The Morgan fingerprint density at radius 2 is 1.69 bits per heavy atom. The van der Waals surface area contributed by atoms with E-state index in [1.807, 2.05) is 12.3 Å². The highest BCUT2D eigenvalue weighted by atomic mass is 15.2. The number of hydrogen-bond acceptors (Lipinski definition) is 3. The first kappa shape index (κ1) is 18.8. The summed E-state index contributed by atoms with van der Waals surface area (Å²) in [6.07, 6.45) is 7.16. The molecule has 1 spiro atoms. The minimum absolute atomic E-state index is 0.493. The highest BCUT2D eigenvalue weighted by molar-refractivity contribution is 5.81. The predicted octanol–water partition coefficient (Wildman–Crippen LogP) is 4.77. The fourth-order valence-electron chi connectivity index (χ4n) is 5.46. The second-order valence-corrected chi connectivity index (χ2v) is 9.07. The molecule has 3 heterocycles. The van der Waals surface area contributed by atoms with Crippen LogP contribution in [-0.4, -0.2) is 47.5 Å². The molecule has 0 aliphatic carbocycles. The molecule has 3 heteroatoms. The lowest BCUT2D eigenvalue weighted by Gasteiger charge is -2.40. The van der Waals surface area contributed by atoms with E-state index < -0.39 is 0 Å². The lowest BCUT2D eigenvalue weighted by atomic mass is 9.79. The monoisotopic (exact) mass is 385 g/mol. The Morgan fingerprint density at radius 3 is 2.62 bits per heavy atom. The molecule has 2 aliphatic heterocycles. The van der Waals surface area contributed by atoms with Crippen molar-refractivity contribution in [1.29, 1.82) is 0 Å². The average molecular weight is 386 g/mol. The van der Waals surface area contributed by atoms with E-state index in [1.54, 1.807) is 0 Å². The zero-order valence-corrected chi connectivity index (χ0v) is 17.3. The van der Waals surface area contributed by atoms with Crippen LogP contribution in [0.2, 0.25) is 0 Å². The third-order valence-corrected chi connectivity index (χ3v) is 6.93. The minimum atomic E-state index is 0.493. The number of hydrogen-bond donors (Lipinski definition) is 0. The van der Waals surface area contributed by atoms with Gasteiger partial charge < -0.3 is 4.90 Å². The molecule has 2 aromatic carbocycles. The summed E-state index contributed by atoms with van der Waals surface area (Å²) in [5, 5.41) is 1.25. The van der Waals surface area contributed by atoms with E-state index in [2.05, 4.69) is 69.4 Å². The molecule has 1 unspecified atom stereocenters.